The van der Waals surface area contributed by atoms with Gasteiger partial charge < -0.3 is 14.9 Å². The Labute approximate surface area is 126 Å². The number of hydrogen-bond donors (Lipinski definition) is 2. The second-order valence-corrected chi connectivity index (χ2v) is 5.66. The Bertz CT molecular complexity index is 434. The maximum Gasteiger partial charge on any atom is 0.123 e. The van der Waals surface area contributed by atoms with Crippen molar-refractivity contribution >= 4 is 11.6 Å². The van der Waals surface area contributed by atoms with Crippen molar-refractivity contribution in [2.75, 3.05) is 6.61 Å². The molecule has 0 aliphatic rings. The predicted octanol–water partition coefficient (Wildman–Crippen LogP) is 3.67. The van der Waals surface area contributed by atoms with Crippen molar-refractivity contribution in [1.29, 1.82) is 0 Å². The van der Waals surface area contributed by atoms with E-state index in [0.717, 1.165) is 16.9 Å². The highest BCUT2D eigenvalue weighted by molar-refractivity contribution is 6.31. The molecule has 4 heteroatoms. The quantitative estimate of drug-likeness (QED) is 0.808. The van der Waals surface area contributed by atoms with Crippen molar-refractivity contribution in [3.05, 3.63) is 28.3 Å². The first-order chi connectivity index (χ1) is 9.40. The van der Waals surface area contributed by atoms with Crippen LogP contribution in [0.1, 0.15) is 50.7 Å². The number of benzene rings is 1. The lowest BCUT2D eigenvalue weighted by Crippen LogP contribution is -2.26. The normalized spacial score (nSPS) is 15.8. The summed E-state index contributed by atoms with van der Waals surface area (Å²) in [7, 11) is 0. The van der Waals surface area contributed by atoms with Crippen molar-refractivity contribution in [2.45, 2.75) is 58.7 Å². The first kappa shape index (κ1) is 17.3. The fourth-order valence-electron chi connectivity index (χ4n) is 2.25. The van der Waals surface area contributed by atoms with E-state index in [1.165, 1.54) is 0 Å². The first-order valence-electron chi connectivity index (χ1n) is 7.19. The van der Waals surface area contributed by atoms with Gasteiger partial charge in [0, 0.05) is 5.02 Å². The summed E-state index contributed by atoms with van der Waals surface area (Å²) in [6, 6.07) is 3.83. The molecule has 0 bridgehead atoms. The molecule has 1 aromatic rings. The average Bonchev–Trinajstić information content (AvgIpc) is 2.41. The minimum atomic E-state index is -0.732. The van der Waals surface area contributed by atoms with Crippen LogP contribution in [-0.2, 0) is 0 Å². The minimum Gasteiger partial charge on any atom is -0.494 e. The van der Waals surface area contributed by atoms with Gasteiger partial charge in [-0.25, -0.2) is 0 Å². The summed E-state index contributed by atoms with van der Waals surface area (Å²) >= 11 is 6.19. The van der Waals surface area contributed by atoms with E-state index < -0.39 is 12.2 Å². The van der Waals surface area contributed by atoms with E-state index in [9.17, 15) is 10.2 Å². The van der Waals surface area contributed by atoms with Gasteiger partial charge in [-0.15, -0.1) is 0 Å². The highest BCUT2D eigenvalue weighted by atomic mass is 35.5. The molecule has 0 fully saturated rings. The van der Waals surface area contributed by atoms with E-state index in [4.69, 9.17) is 16.3 Å². The molecular weight excluding hydrogens is 276 g/mol. The molecule has 20 heavy (non-hydrogen) atoms. The molecule has 2 N–H and O–H groups in total. The van der Waals surface area contributed by atoms with Crippen LogP contribution in [0.2, 0.25) is 5.02 Å². The van der Waals surface area contributed by atoms with Gasteiger partial charge in [-0.05, 0) is 55.9 Å². The van der Waals surface area contributed by atoms with Crippen LogP contribution >= 0.6 is 11.6 Å². The maximum atomic E-state index is 9.97. The number of aliphatic hydroxyl groups is 2. The largest absolute Gasteiger partial charge is 0.494 e. The minimum absolute atomic E-state index is 0.0610. The molecular formula is C16H25ClO3. The van der Waals surface area contributed by atoms with Crippen LogP contribution in [-0.4, -0.2) is 29.0 Å². The molecule has 0 aliphatic carbocycles. The maximum absolute atomic E-state index is 9.97. The van der Waals surface area contributed by atoms with Gasteiger partial charge >= 0.3 is 0 Å². The lowest BCUT2D eigenvalue weighted by atomic mass is 9.91. The smallest absolute Gasteiger partial charge is 0.123 e. The van der Waals surface area contributed by atoms with Gasteiger partial charge in [-0.2, -0.15) is 0 Å². The lowest BCUT2D eigenvalue weighted by Gasteiger charge is -2.23. The van der Waals surface area contributed by atoms with Gasteiger partial charge in [0.15, 0.2) is 0 Å². The standard InChI is InChI=1S/C16H25ClO3/c1-5-14(18)15(19)7-10(3)12-9-13(17)11(4)8-16(12)20-6-2/h8-10,14-15,18-19H,5-7H2,1-4H3. The molecule has 0 saturated heterocycles. The average molecular weight is 301 g/mol. The molecule has 114 valence electrons. The third kappa shape index (κ3) is 4.37. The van der Waals surface area contributed by atoms with Crippen LogP contribution in [0.5, 0.6) is 5.75 Å². The van der Waals surface area contributed by atoms with Gasteiger partial charge in [0.1, 0.15) is 5.75 Å². The monoisotopic (exact) mass is 300 g/mol. The van der Waals surface area contributed by atoms with E-state index >= 15 is 0 Å². The van der Waals surface area contributed by atoms with Gasteiger partial charge in [-0.3, -0.25) is 0 Å². The molecule has 3 unspecified atom stereocenters. The van der Waals surface area contributed by atoms with Gasteiger partial charge in [0.25, 0.3) is 0 Å². The summed E-state index contributed by atoms with van der Waals surface area (Å²) in [6.07, 6.45) is -0.395. The Morgan fingerprint density at radius 1 is 1.20 bits per heavy atom. The molecule has 0 saturated carbocycles. The number of aliphatic hydroxyl groups excluding tert-OH is 2. The Morgan fingerprint density at radius 2 is 1.85 bits per heavy atom. The molecule has 0 amide bonds. The van der Waals surface area contributed by atoms with E-state index in [1.54, 1.807) is 0 Å². The van der Waals surface area contributed by atoms with E-state index in [1.807, 2.05) is 39.8 Å². The highest BCUT2D eigenvalue weighted by Crippen LogP contribution is 2.34. The van der Waals surface area contributed by atoms with Crippen LogP contribution in [0, 0.1) is 6.92 Å². The van der Waals surface area contributed by atoms with Crippen LogP contribution in [0.15, 0.2) is 12.1 Å². The molecule has 0 spiro atoms. The molecule has 0 radical (unpaired) electrons. The molecule has 0 aromatic heterocycles. The zero-order valence-corrected chi connectivity index (χ0v) is 13.4. The lowest BCUT2D eigenvalue weighted by molar-refractivity contribution is 0.00942. The fraction of sp³-hybridized carbons (Fsp3) is 0.625. The number of ether oxygens (including phenoxy) is 1. The van der Waals surface area contributed by atoms with Crippen molar-refractivity contribution in [1.82, 2.24) is 0 Å². The summed E-state index contributed by atoms with van der Waals surface area (Å²) in [6.45, 7) is 8.33. The summed E-state index contributed by atoms with van der Waals surface area (Å²) in [5, 5.41) is 20.4. The van der Waals surface area contributed by atoms with Crippen molar-refractivity contribution < 1.29 is 14.9 Å². The van der Waals surface area contributed by atoms with Crippen LogP contribution in [0.25, 0.3) is 0 Å². The van der Waals surface area contributed by atoms with Gasteiger partial charge in [0.2, 0.25) is 0 Å². The molecule has 1 aromatic carbocycles. The van der Waals surface area contributed by atoms with Crippen molar-refractivity contribution in [3.8, 4) is 5.75 Å². The molecule has 0 aliphatic heterocycles. The van der Waals surface area contributed by atoms with Crippen molar-refractivity contribution in [2.24, 2.45) is 0 Å². The topological polar surface area (TPSA) is 49.7 Å². The third-order valence-corrected chi connectivity index (χ3v) is 3.99. The number of rotatable bonds is 7. The van der Waals surface area contributed by atoms with Gasteiger partial charge in [0.05, 0.1) is 18.8 Å². The molecule has 3 atom stereocenters. The van der Waals surface area contributed by atoms with Crippen LogP contribution in [0.3, 0.4) is 0 Å². The summed E-state index contributed by atoms with van der Waals surface area (Å²) in [5.74, 6) is 0.867. The van der Waals surface area contributed by atoms with Crippen LogP contribution < -0.4 is 4.74 Å². The number of hydrogen-bond acceptors (Lipinski definition) is 3. The summed E-state index contributed by atoms with van der Waals surface area (Å²) in [4.78, 5) is 0. The second kappa shape index (κ2) is 7.87. The van der Waals surface area contributed by atoms with E-state index in [-0.39, 0.29) is 5.92 Å². The number of halogens is 1. The third-order valence-electron chi connectivity index (χ3n) is 3.58. The SMILES string of the molecule is CCOc1cc(C)c(Cl)cc1C(C)CC(O)C(O)CC. The second-order valence-electron chi connectivity index (χ2n) is 5.25. The fourth-order valence-corrected chi connectivity index (χ4v) is 2.43. The Morgan fingerprint density at radius 3 is 2.40 bits per heavy atom. The molecule has 1 rings (SSSR count). The van der Waals surface area contributed by atoms with Crippen molar-refractivity contribution in [3.63, 3.8) is 0 Å². The Hall–Kier alpha value is -0.770. The van der Waals surface area contributed by atoms with Gasteiger partial charge in [-0.1, -0.05) is 25.4 Å². The Balaban J connectivity index is 2.96. The Kier molecular flexibility index (Phi) is 6.80. The summed E-state index contributed by atoms with van der Waals surface area (Å²) in [5.41, 5.74) is 1.95. The molecule has 3 nitrogen and oxygen atoms in total. The highest BCUT2D eigenvalue weighted by Gasteiger charge is 2.21. The predicted molar refractivity (Wildman–Crippen MR) is 82.7 cm³/mol. The summed E-state index contributed by atoms with van der Waals surface area (Å²) < 4.78 is 5.66. The number of aryl methyl sites for hydroxylation is 1. The van der Waals surface area contributed by atoms with Crippen LogP contribution in [0.4, 0.5) is 0 Å². The zero-order chi connectivity index (χ0) is 15.3. The van der Waals surface area contributed by atoms with E-state index in [2.05, 4.69) is 0 Å². The zero-order valence-electron chi connectivity index (χ0n) is 12.7. The first-order valence-corrected chi connectivity index (χ1v) is 7.57. The molecule has 0 heterocycles. The van der Waals surface area contributed by atoms with E-state index in [0.29, 0.717) is 24.5 Å².